The molecule has 0 unspecified atom stereocenters. The number of nitrogen functional groups attached to an aromatic ring is 1. The van der Waals surface area contributed by atoms with E-state index in [-0.39, 0.29) is 5.91 Å². The molecule has 3 aromatic heterocycles. The summed E-state index contributed by atoms with van der Waals surface area (Å²) in [6, 6.07) is 14.1. The molecule has 1 saturated heterocycles. The topological polar surface area (TPSA) is 92.8 Å². The summed E-state index contributed by atoms with van der Waals surface area (Å²) >= 11 is 6.01. The van der Waals surface area contributed by atoms with Gasteiger partial charge in [-0.2, -0.15) is 5.10 Å². The first kappa shape index (κ1) is 21.3. The molecule has 4 heterocycles. The molecular formula is C25H25ClN6O. The molecule has 1 amide bonds. The number of aromatic amines is 1. The lowest BCUT2D eigenvalue weighted by Gasteiger charge is -2.31. The maximum Gasteiger partial charge on any atom is 0.219 e. The van der Waals surface area contributed by atoms with E-state index in [0.717, 1.165) is 59.6 Å². The number of nitrogens with zero attached hydrogens (tertiary/aromatic N) is 4. The van der Waals surface area contributed by atoms with E-state index in [4.69, 9.17) is 17.3 Å². The Morgan fingerprint density at radius 3 is 2.48 bits per heavy atom. The Bertz CT molecular complexity index is 1280. The second-order valence-electron chi connectivity index (χ2n) is 8.40. The van der Waals surface area contributed by atoms with Gasteiger partial charge in [0.2, 0.25) is 5.91 Å². The number of nitrogens with one attached hydrogen (secondary N) is 1. The number of amides is 1. The van der Waals surface area contributed by atoms with Crippen LogP contribution < -0.4 is 5.73 Å². The average molecular weight is 461 g/mol. The maximum absolute atomic E-state index is 11.6. The molecule has 1 aromatic carbocycles. The summed E-state index contributed by atoms with van der Waals surface area (Å²) in [5.74, 6) is 0.603. The third-order valence-electron chi connectivity index (χ3n) is 6.27. The van der Waals surface area contributed by atoms with E-state index in [0.29, 0.717) is 16.9 Å². The van der Waals surface area contributed by atoms with E-state index in [1.807, 2.05) is 58.2 Å². The number of H-pyrrole nitrogens is 1. The highest BCUT2D eigenvalue weighted by molar-refractivity contribution is 6.30. The summed E-state index contributed by atoms with van der Waals surface area (Å²) in [6.45, 7) is 3.16. The number of piperidine rings is 1. The lowest BCUT2D eigenvalue weighted by molar-refractivity contribution is -0.130. The van der Waals surface area contributed by atoms with Crippen molar-refractivity contribution < 1.29 is 4.79 Å². The second kappa shape index (κ2) is 8.75. The largest absolute Gasteiger partial charge is 0.383 e. The summed E-state index contributed by atoms with van der Waals surface area (Å²) in [4.78, 5) is 21.4. The van der Waals surface area contributed by atoms with Gasteiger partial charge < -0.3 is 15.6 Å². The Balaban J connectivity index is 1.38. The van der Waals surface area contributed by atoms with E-state index in [9.17, 15) is 4.79 Å². The van der Waals surface area contributed by atoms with Crippen LogP contribution in [0, 0.1) is 0 Å². The molecule has 0 atom stereocenters. The van der Waals surface area contributed by atoms with Gasteiger partial charge in [0.05, 0.1) is 12.2 Å². The zero-order valence-corrected chi connectivity index (χ0v) is 19.1. The fourth-order valence-electron chi connectivity index (χ4n) is 4.33. The highest BCUT2D eigenvalue weighted by Crippen LogP contribution is 2.32. The van der Waals surface area contributed by atoms with Crippen LogP contribution in [0.25, 0.3) is 33.6 Å². The van der Waals surface area contributed by atoms with Crippen LogP contribution in [-0.2, 0) is 4.79 Å². The number of carbonyl (C=O) groups is 1. The standard InChI is InChI=1S/C25H25ClN6O/c1-16(33)31-10-8-21(9-11-31)32-15-19(14-29-32)18-12-22(25(27)28-13-18)24-7-6-23(30-24)17-2-4-20(26)5-3-17/h2-7,12-15,21,30H,8-11H2,1H3,(H2,27,28). The van der Waals surface area contributed by atoms with Gasteiger partial charge in [-0.1, -0.05) is 23.7 Å². The molecule has 0 saturated carbocycles. The zero-order chi connectivity index (χ0) is 22.9. The van der Waals surface area contributed by atoms with Gasteiger partial charge >= 0.3 is 0 Å². The van der Waals surface area contributed by atoms with Crippen LogP contribution in [0.5, 0.6) is 0 Å². The Morgan fingerprint density at radius 1 is 1.03 bits per heavy atom. The SMILES string of the molecule is CC(=O)N1CCC(n2cc(-c3cnc(N)c(-c4ccc(-c5ccc(Cl)cc5)[nH]4)c3)cn2)CC1. The molecule has 0 spiro atoms. The molecule has 1 aliphatic rings. The number of nitrogens with two attached hydrogens (primary N) is 1. The predicted octanol–water partition coefficient (Wildman–Crippen LogP) is 5.03. The van der Waals surface area contributed by atoms with Crippen molar-refractivity contribution in [2.75, 3.05) is 18.8 Å². The van der Waals surface area contributed by atoms with Crippen LogP contribution >= 0.6 is 11.6 Å². The molecule has 33 heavy (non-hydrogen) atoms. The minimum atomic E-state index is 0.138. The monoisotopic (exact) mass is 460 g/mol. The molecule has 1 fully saturated rings. The minimum absolute atomic E-state index is 0.138. The lowest BCUT2D eigenvalue weighted by atomic mass is 10.0. The summed E-state index contributed by atoms with van der Waals surface area (Å²) in [5.41, 5.74) is 11.9. The maximum atomic E-state index is 11.6. The van der Waals surface area contributed by atoms with Crippen LogP contribution in [0.4, 0.5) is 5.82 Å². The first-order chi connectivity index (χ1) is 16.0. The highest BCUT2D eigenvalue weighted by atomic mass is 35.5. The molecular weight excluding hydrogens is 436 g/mol. The number of pyridine rings is 1. The van der Waals surface area contributed by atoms with Gasteiger partial charge in [0.1, 0.15) is 5.82 Å². The van der Waals surface area contributed by atoms with Crippen molar-refractivity contribution in [3.8, 4) is 33.6 Å². The molecule has 0 bridgehead atoms. The average Bonchev–Trinajstić information content (AvgIpc) is 3.51. The number of likely N-dealkylation sites (tertiary alicyclic amines) is 1. The predicted molar refractivity (Wildman–Crippen MR) is 131 cm³/mol. The summed E-state index contributed by atoms with van der Waals surface area (Å²) < 4.78 is 2.01. The van der Waals surface area contributed by atoms with Gasteiger partial charge in [-0.25, -0.2) is 4.98 Å². The molecule has 5 rings (SSSR count). The van der Waals surface area contributed by atoms with Gasteiger partial charge in [-0.15, -0.1) is 0 Å². The molecule has 4 aromatic rings. The number of halogens is 1. The third-order valence-corrected chi connectivity index (χ3v) is 6.52. The smallest absolute Gasteiger partial charge is 0.219 e. The van der Waals surface area contributed by atoms with Crippen LogP contribution in [0.2, 0.25) is 5.02 Å². The normalized spacial score (nSPS) is 14.5. The van der Waals surface area contributed by atoms with Crippen molar-refractivity contribution in [3.05, 3.63) is 66.1 Å². The van der Waals surface area contributed by atoms with E-state index in [2.05, 4.69) is 21.3 Å². The zero-order valence-electron chi connectivity index (χ0n) is 18.3. The fraction of sp³-hybridized carbons (Fsp3) is 0.240. The van der Waals surface area contributed by atoms with Crippen LogP contribution in [-0.4, -0.2) is 43.6 Å². The summed E-state index contributed by atoms with van der Waals surface area (Å²) in [6.07, 6.45) is 7.51. The molecule has 0 aliphatic carbocycles. The quantitative estimate of drug-likeness (QED) is 0.447. The van der Waals surface area contributed by atoms with E-state index in [1.54, 1.807) is 13.1 Å². The van der Waals surface area contributed by atoms with Crippen molar-refractivity contribution in [1.82, 2.24) is 24.6 Å². The van der Waals surface area contributed by atoms with Gasteiger partial charge in [0.25, 0.3) is 0 Å². The van der Waals surface area contributed by atoms with Crippen molar-refractivity contribution in [3.63, 3.8) is 0 Å². The van der Waals surface area contributed by atoms with Crippen LogP contribution in [0.1, 0.15) is 25.8 Å². The number of benzene rings is 1. The molecule has 3 N–H and O–H groups in total. The number of carbonyl (C=O) groups excluding carboxylic acids is 1. The van der Waals surface area contributed by atoms with Crippen molar-refractivity contribution in [1.29, 1.82) is 0 Å². The van der Waals surface area contributed by atoms with Gasteiger partial charge in [0, 0.05) is 65.5 Å². The number of rotatable bonds is 4. The van der Waals surface area contributed by atoms with Crippen LogP contribution in [0.3, 0.4) is 0 Å². The fourth-order valence-corrected chi connectivity index (χ4v) is 4.46. The Morgan fingerprint density at radius 2 is 1.76 bits per heavy atom. The van der Waals surface area contributed by atoms with Crippen LogP contribution in [0.15, 0.2) is 61.1 Å². The number of hydrogen-bond donors (Lipinski definition) is 2. The first-order valence-electron chi connectivity index (χ1n) is 11.0. The van der Waals surface area contributed by atoms with Crippen molar-refractivity contribution >= 4 is 23.3 Å². The molecule has 1 aliphatic heterocycles. The lowest BCUT2D eigenvalue weighted by Crippen LogP contribution is -2.37. The molecule has 0 radical (unpaired) electrons. The van der Waals surface area contributed by atoms with E-state index in [1.165, 1.54) is 0 Å². The highest BCUT2D eigenvalue weighted by Gasteiger charge is 2.22. The van der Waals surface area contributed by atoms with E-state index >= 15 is 0 Å². The van der Waals surface area contributed by atoms with E-state index < -0.39 is 0 Å². The second-order valence-corrected chi connectivity index (χ2v) is 8.83. The summed E-state index contributed by atoms with van der Waals surface area (Å²) in [7, 11) is 0. The third kappa shape index (κ3) is 4.36. The Hall–Kier alpha value is -3.58. The van der Waals surface area contributed by atoms with Gasteiger partial charge in [-0.05, 0) is 48.7 Å². The molecule has 8 heteroatoms. The number of hydrogen-bond acceptors (Lipinski definition) is 4. The molecule has 7 nitrogen and oxygen atoms in total. The Kier molecular flexibility index (Phi) is 5.64. The first-order valence-corrected chi connectivity index (χ1v) is 11.4. The number of anilines is 1. The summed E-state index contributed by atoms with van der Waals surface area (Å²) in [5, 5.41) is 5.30. The van der Waals surface area contributed by atoms with Gasteiger partial charge in [0.15, 0.2) is 0 Å². The van der Waals surface area contributed by atoms with Crippen molar-refractivity contribution in [2.45, 2.75) is 25.8 Å². The van der Waals surface area contributed by atoms with Crippen molar-refractivity contribution in [2.24, 2.45) is 0 Å². The molecule has 168 valence electrons. The minimum Gasteiger partial charge on any atom is -0.383 e. The number of aromatic nitrogens is 4. The Labute approximate surface area is 197 Å². The van der Waals surface area contributed by atoms with Gasteiger partial charge in [-0.3, -0.25) is 9.48 Å².